The number of oxazole rings is 1. The first-order valence-corrected chi connectivity index (χ1v) is 8.22. The molecule has 0 saturated carbocycles. The van der Waals surface area contributed by atoms with Crippen molar-refractivity contribution < 1.29 is 23.4 Å². The number of benzene rings is 1. The van der Waals surface area contributed by atoms with Crippen LogP contribution in [0, 0.1) is 0 Å². The molecule has 1 saturated heterocycles. The van der Waals surface area contributed by atoms with Crippen molar-refractivity contribution in [3.63, 3.8) is 0 Å². The summed E-state index contributed by atoms with van der Waals surface area (Å²) >= 11 is 0. The number of hydrogen-bond donors (Lipinski definition) is 0. The Balaban J connectivity index is 0.000000316. The molecule has 1 aromatic heterocycles. The van der Waals surface area contributed by atoms with Gasteiger partial charge in [-0.1, -0.05) is 6.07 Å². The standard InChI is InChI=1S/C14H17NO4.C4H8O2/c1-14(2,3)19-12(16)8-9-5-6-10-11(7-9)18-13(17)15(10)4;1-2-6-4-3-5-1/h5-7H,8H2,1-4H3;1-4H2. The number of aromatic nitrogens is 1. The number of carbonyl (C=O) groups excluding carboxylic acids is 1. The Hall–Kier alpha value is -2.12. The van der Waals surface area contributed by atoms with Crippen LogP contribution in [0.4, 0.5) is 0 Å². The number of ether oxygens (including phenoxy) is 3. The predicted molar refractivity (Wildman–Crippen MR) is 92.6 cm³/mol. The summed E-state index contributed by atoms with van der Waals surface area (Å²) in [4.78, 5) is 23.1. The Labute approximate surface area is 146 Å². The molecule has 2 aromatic rings. The maximum atomic E-state index is 11.7. The maximum absolute atomic E-state index is 11.7. The SMILES string of the molecule is C1COCCO1.Cn1c(=O)oc2cc(CC(=O)OC(C)(C)C)ccc21. The minimum Gasteiger partial charge on any atom is -0.460 e. The van der Waals surface area contributed by atoms with Gasteiger partial charge in [0.15, 0.2) is 5.58 Å². The highest BCUT2D eigenvalue weighted by atomic mass is 16.6. The molecule has 0 bridgehead atoms. The Morgan fingerprint density at radius 1 is 1.16 bits per heavy atom. The smallest absolute Gasteiger partial charge is 0.419 e. The molecule has 2 heterocycles. The van der Waals surface area contributed by atoms with Crippen LogP contribution in [0.15, 0.2) is 27.4 Å². The normalized spacial score (nSPS) is 14.7. The third-order valence-corrected chi connectivity index (χ3v) is 3.37. The molecule has 0 unspecified atom stereocenters. The van der Waals surface area contributed by atoms with Crippen LogP contribution >= 0.6 is 0 Å². The highest BCUT2D eigenvalue weighted by molar-refractivity contribution is 5.77. The molecule has 1 fully saturated rings. The summed E-state index contributed by atoms with van der Waals surface area (Å²) in [5.41, 5.74) is 1.45. The summed E-state index contributed by atoms with van der Waals surface area (Å²) in [6.45, 7) is 8.58. The molecule has 0 radical (unpaired) electrons. The van der Waals surface area contributed by atoms with Crippen LogP contribution in [-0.2, 0) is 32.5 Å². The van der Waals surface area contributed by atoms with Gasteiger partial charge in [0, 0.05) is 7.05 Å². The molecule has 0 spiro atoms. The molecule has 0 N–H and O–H groups in total. The lowest BCUT2D eigenvalue weighted by atomic mass is 10.1. The molecule has 7 nitrogen and oxygen atoms in total. The van der Waals surface area contributed by atoms with Gasteiger partial charge in [0.05, 0.1) is 38.4 Å². The summed E-state index contributed by atoms with van der Waals surface area (Å²) in [5.74, 6) is -0.713. The molecule has 7 heteroatoms. The van der Waals surface area contributed by atoms with E-state index in [0.717, 1.165) is 32.0 Å². The maximum Gasteiger partial charge on any atom is 0.419 e. The average Bonchev–Trinajstić information content (AvgIpc) is 2.82. The molecule has 1 aromatic carbocycles. The first kappa shape index (κ1) is 19.2. The average molecular weight is 351 g/mol. The molecule has 0 amide bonds. The second-order valence-corrected chi connectivity index (χ2v) is 6.72. The van der Waals surface area contributed by atoms with E-state index in [2.05, 4.69) is 0 Å². The fourth-order valence-electron chi connectivity index (χ4n) is 2.27. The minimum atomic E-state index is -0.500. The van der Waals surface area contributed by atoms with Crippen LogP contribution in [-0.4, -0.2) is 42.6 Å². The summed E-state index contributed by atoms with van der Waals surface area (Å²) in [5, 5.41) is 0. The first-order valence-electron chi connectivity index (χ1n) is 8.22. The predicted octanol–water partition coefficient (Wildman–Crippen LogP) is 2.05. The number of fused-ring (bicyclic) bond motifs is 1. The van der Waals surface area contributed by atoms with Crippen molar-refractivity contribution >= 4 is 17.1 Å². The highest BCUT2D eigenvalue weighted by Crippen LogP contribution is 2.16. The minimum absolute atomic E-state index is 0.159. The zero-order chi connectivity index (χ0) is 18.4. The van der Waals surface area contributed by atoms with Gasteiger partial charge in [-0.15, -0.1) is 0 Å². The summed E-state index contributed by atoms with van der Waals surface area (Å²) in [6, 6.07) is 5.25. The van der Waals surface area contributed by atoms with Crippen LogP contribution in [0.3, 0.4) is 0 Å². The van der Waals surface area contributed by atoms with E-state index in [-0.39, 0.29) is 12.4 Å². The van der Waals surface area contributed by atoms with Gasteiger partial charge in [0.2, 0.25) is 0 Å². The van der Waals surface area contributed by atoms with Crippen molar-refractivity contribution in [3.8, 4) is 0 Å². The monoisotopic (exact) mass is 351 g/mol. The largest absolute Gasteiger partial charge is 0.460 e. The van der Waals surface area contributed by atoms with Crippen LogP contribution in [0.25, 0.3) is 11.1 Å². The van der Waals surface area contributed by atoms with Crippen molar-refractivity contribution in [1.82, 2.24) is 4.57 Å². The van der Waals surface area contributed by atoms with Gasteiger partial charge in [-0.25, -0.2) is 4.79 Å². The van der Waals surface area contributed by atoms with Gasteiger partial charge in [-0.3, -0.25) is 9.36 Å². The van der Waals surface area contributed by atoms with E-state index in [4.69, 9.17) is 18.6 Å². The Kier molecular flexibility index (Phi) is 6.39. The second-order valence-electron chi connectivity index (χ2n) is 6.72. The number of rotatable bonds is 2. The third kappa shape index (κ3) is 6.03. The zero-order valence-electron chi connectivity index (χ0n) is 15.2. The molecule has 1 aliphatic rings. The molecule has 1 aliphatic heterocycles. The fourth-order valence-corrected chi connectivity index (χ4v) is 2.27. The van der Waals surface area contributed by atoms with Gasteiger partial charge in [0.1, 0.15) is 5.60 Å². The van der Waals surface area contributed by atoms with Gasteiger partial charge >= 0.3 is 11.7 Å². The molecule has 0 atom stereocenters. The van der Waals surface area contributed by atoms with Crippen LogP contribution in [0.2, 0.25) is 0 Å². The van der Waals surface area contributed by atoms with Crippen molar-refractivity contribution in [3.05, 3.63) is 34.3 Å². The van der Waals surface area contributed by atoms with Crippen molar-refractivity contribution in [1.29, 1.82) is 0 Å². The number of esters is 1. The number of aryl methyl sites for hydroxylation is 1. The molecular formula is C18H25NO6. The Bertz CT molecular complexity index is 752. The van der Waals surface area contributed by atoms with Crippen molar-refractivity contribution in [2.45, 2.75) is 32.8 Å². The second kappa shape index (κ2) is 8.31. The van der Waals surface area contributed by atoms with E-state index in [9.17, 15) is 9.59 Å². The van der Waals surface area contributed by atoms with Gasteiger partial charge in [-0.05, 0) is 38.5 Å². The third-order valence-electron chi connectivity index (χ3n) is 3.37. The molecule has 3 rings (SSSR count). The Morgan fingerprint density at radius 2 is 1.76 bits per heavy atom. The first-order chi connectivity index (χ1) is 11.8. The fraction of sp³-hybridized carbons (Fsp3) is 0.556. The topological polar surface area (TPSA) is 79.9 Å². The van der Waals surface area contributed by atoms with Crippen LogP contribution < -0.4 is 5.76 Å². The molecule has 0 aliphatic carbocycles. The number of carbonyl (C=O) groups is 1. The Morgan fingerprint density at radius 3 is 2.28 bits per heavy atom. The number of nitrogens with zero attached hydrogens (tertiary/aromatic N) is 1. The van der Waals surface area contributed by atoms with Crippen molar-refractivity contribution in [2.75, 3.05) is 26.4 Å². The van der Waals surface area contributed by atoms with Crippen molar-refractivity contribution in [2.24, 2.45) is 7.05 Å². The lowest BCUT2D eigenvalue weighted by Crippen LogP contribution is -2.24. The van der Waals surface area contributed by atoms with E-state index in [1.807, 2.05) is 20.8 Å². The van der Waals surface area contributed by atoms with E-state index < -0.39 is 11.4 Å². The molecule has 25 heavy (non-hydrogen) atoms. The van der Waals surface area contributed by atoms with E-state index in [1.54, 1.807) is 25.2 Å². The molecule has 138 valence electrons. The van der Waals surface area contributed by atoms with Gasteiger partial charge in [0.25, 0.3) is 0 Å². The zero-order valence-corrected chi connectivity index (χ0v) is 15.2. The van der Waals surface area contributed by atoms with Crippen LogP contribution in [0.1, 0.15) is 26.3 Å². The van der Waals surface area contributed by atoms with E-state index in [0.29, 0.717) is 11.1 Å². The van der Waals surface area contributed by atoms with E-state index in [1.165, 1.54) is 4.57 Å². The summed E-state index contributed by atoms with van der Waals surface area (Å²) in [6.07, 6.45) is 0.159. The summed E-state index contributed by atoms with van der Waals surface area (Å²) < 4.78 is 21.6. The quantitative estimate of drug-likeness (QED) is 0.771. The summed E-state index contributed by atoms with van der Waals surface area (Å²) in [7, 11) is 1.64. The highest BCUT2D eigenvalue weighted by Gasteiger charge is 2.17. The lowest BCUT2D eigenvalue weighted by Gasteiger charge is -2.19. The van der Waals surface area contributed by atoms with Gasteiger partial charge < -0.3 is 18.6 Å². The van der Waals surface area contributed by atoms with E-state index >= 15 is 0 Å². The lowest BCUT2D eigenvalue weighted by molar-refractivity contribution is -0.153. The van der Waals surface area contributed by atoms with Gasteiger partial charge in [-0.2, -0.15) is 0 Å². The number of hydrogen-bond acceptors (Lipinski definition) is 6. The molecular weight excluding hydrogens is 326 g/mol. The van der Waals surface area contributed by atoms with Crippen LogP contribution in [0.5, 0.6) is 0 Å².